The second-order valence-electron chi connectivity index (χ2n) is 3.54. The molecular weight excluding hydrogens is 210 g/mol. The molecule has 15 heavy (non-hydrogen) atoms. The van der Waals surface area contributed by atoms with E-state index in [4.69, 9.17) is 0 Å². The summed E-state index contributed by atoms with van der Waals surface area (Å²) in [5, 5.41) is 4.30. The van der Waals surface area contributed by atoms with Gasteiger partial charge < -0.3 is 4.90 Å². The van der Waals surface area contributed by atoms with E-state index in [1.165, 1.54) is 18.5 Å². The maximum Gasteiger partial charge on any atom is 0.0752 e. The molecule has 1 aromatic heterocycles. The molecule has 1 aromatic rings. The Labute approximate surface area is 98.9 Å². The van der Waals surface area contributed by atoms with Crippen molar-refractivity contribution in [3.63, 3.8) is 0 Å². The van der Waals surface area contributed by atoms with Gasteiger partial charge in [0.25, 0.3) is 0 Å². The van der Waals surface area contributed by atoms with Gasteiger partial charge in [-0.1, -0.05) is 13.8 Å². The van der Waals surface area contributed by atoms with Crippen LogP contribution in [0.2, 0.25) is 0 Å². The largest absolute Gasteiger partial charge is 0.369 e. The first kappa shape index (κ1) is 14.3. The van der Waals surface area contributed by atoms with Crippen LogP contribution in [0.15, 0.2) is 12.4 Å². The highest BCUT2D eigenvalue weighted by Crippen LogP contribution is 2.13. The average Bonchev–Trinajstić information content (AvgIpc) is 2.65. The van der Waals surface area contributed by atoms with Crippen LogP contribution >= 0.6 is 12.4 Å². The fourth-order valence-electron chi connectivity index (χ4n) is 1.60. The molecule has 0 aliphatic carbocycles. The zero-order valence-electron chi connectivity index (χ0n) is 9.94. The first-order valence-corrected chi connectivity index (χ1v) is 5.59. The molecule has 0 bridgehead atoms. The van der Waals surface area contributed by atoms with Crippen LogP contribution in [-0.2, 0) is 6.54 Å². The smallest absolute Gasteiger partial charge is 0.0752 e. The Kier molecular flexibility index (Phi) is 7.22. The van der Waals surface area contributed by atoms with Gasteiger partial charge in [-0.3, -0.25) is 4.68 Å². The van der Waals surface area contributed by atoms with E-state index in [2.05, 4.69) is 37.0 Å². The predicted molar refractivity (Wildman–Crippen MR) is 67.9 cm³/mol. The molecule has 0 amide bonds. The third kappa shape index (κ3) is 4.12. The molecule has 1 heterocycles. The first-order chi connectivity index (χ1) is 6.81. The Balaban J connectivity index is 0.00000196. The van der Waals surface area contributed by atoms with E-state index in [9.17, 15) is 0 Å². The molecule has 0 spiro atoms. The Morgan fingerprint density at radius 2 is 1.80 bits per heavy atom. The molecular formula is C11H22ClN3. The fraction of sp³-hybridized carbons (Fsp3) is 0.727. The molecule has 0 fully saturated rings. The molecule has 4 heteroatoms. The molecule has 0 aliphatic heterocycles. The SMILES string of the molecule is CCCN(CCC)c1cnn(CC)c1.Cl. The molecule has 0 unspecified atom stereocenters. The zero-order chi connectivity index (χ0) is 10.4. The van der Waals surface area contributed by atoms with Crippen LogP contribution in [0.4, 0.5) is 5.69 Å². The lowest BCUT2D eigenvalue weighted by Crippen LogP contribution is -2.24. The fourth-order valence-corrected chi connectivity index (χ4v) is 1.60. The quantitative estimate of drug-likeness (QED) is 0.751. The number of hydrogen-bond acceptors (Lipinski definition) is 2. The van der Waals surface area contributed by atoms with Crippen molar-refractivity contribution in [3.05, 3.63) is 12.4 Å². The van der Waals surface area contributed by atoms with Crippen LogP contribution < -0.4 is 4.90 Å². The molecule has 3 nitrogen and oxygen atoms in total. The number of aromatic nitrogens is 2. The van der Waals surface area contributed by atoms with Gasteiger partial charge in [-0.15, -0.1) is 12.4 Å². The van der Waals surface area contributed by atoms with Gasteiger partial charge in [-0.2, -0.15) is 5.10 Å². The number of nitrogens with zero attached hydrogens (tertiary/aromatic N) is 3. The van der Waals surface area contributed by atoms with Crippen LogP contribution in [0.25, 0.3) is 0 Å². The molecule has 0 atom stereocenters. The highest BCUT2D eigenvalue weighted by molar-refractivity contribution is 5.85. The van der Waals surface area contributed by atoms with E-state index in [-0.39, 0.29) is 12.4 Å². The number of aryl methyl sites for hydroxylation is 1. The summed E-state index contributed by atoms with van der Waals surface area (Å²) in [5.74, 6) is 0. The third-order valence-electron chi connectivity index (χ3n) is 2.30. The van der Waals surface area contributed by atoms with E-state index in [1.807, 2.05) is 10.9 Å². The number of rotatable bonds is 6. The minimum Gasteiger partial charge on any atom is -0.369 e. The van der Waals surface area contributed by atoms with Crippen molar-refractivity contribution in [1.82, 2.24) is 9.78 Å². The lowest BCUT2D eigenvalue weighted by molar-refractivity contribution is 0.659. The summed E-state index contributed by atoms with van der Waals surface area (Å²) in [6.07, 6.45) is 6.48. The molecule has 0 radical (unpaired) electrons. The Bertz CT molecular complexity index is 254. The minimum atomic E-state index is 0. The predicted octanol–water partition coefficient (Wildman–Crippen LogP) is 2.95. The summed E-state index contributed by atoms with van der Waals surface area (Å²) in [5.41, 5.74) is 1.26. The third-order valence-corrected chi connectivity index (χ3v) is 2.30. The standard InChI is InChI=1S/C11H21N3.ClH/c1-4-7-13(8-5-2)11-9-12-14(6-3)10-11;/h9-10H,4-8H2,1-3H3;1H. The lowest BCUT2D eigenvalue weighted by Gasteiger charge is -2.21. The van der Waals surface area contributed by atoms with Crippen molar-refractivity contribution in [2.24, 2.45) is 0 Å². The van der Waals surface area contributed by atoms with Gasteiger partial charge in [0.1, 0.15) is 0 Å². The van der Waals surface area contributed by atoms with E-state index in [0.29, 0.717) is 0 Å². The van der Waals surface area contributed by atoms with Crippen molar-refractivity contribution < 1.29 is 0 Å². The average molecular weight is 232 g/mol. The Morgan fingerprint density at radius 1 is 1.20 bits per heavy atom. The lowest BCUT2D eigenvalue weighted by atomic mass is 10.3. The van der Waals surface area contributed by atoms with Crippen molar-refractivity contribution in [2.45, 2.75) is 40.2 Å². The van der Waals surface area contributed by atoms with Gasteiger partial charge in [-0.05, 0) is 19.8 Å². The molecule has 88 valence electrons. The van der Waals surface area contributed by atoms with E-state index in [1.54, 1.807) is 0 Å². The van der Waals surface area contributed by atoms with E-state index < -0.39 is 0 Å². The van der Waals surface area contributed by atoms with Gasteiger partial charge in [0.05, 0.1) is 11.9 Å². The monoisotopic (exact) mass is 231 g/mol. The summed E-state index contributed by atoms with van der Waals surface area (Å²) in [6.45, 7) is 9.75. The maximum absolute atomic E-state index is 4.30. The van der Waals surface area contributed by atoms with Crippen LogP contribution in [0.3, 0.4) is 0 Å². The Hall–Kier alpha value is -0.700. The summed E-state index contributed by atoms with van der Waals surface area (Å²) in [7, 11) is 0. The second-order valence-corrected chi connectivity index (χ2v) is 3.54. The van der Waals surface area contributed by atoms with Crippen LogP contribution in [0.1, 0.15) is 33.6 Å². The number of halogens is 1. The number of hydrogen-bond donors (Lipinski definition) is 0. The zero-order valence-corrected chi connectivity index (χ0v) is 10.8. The molecule has 0 saturated heterocycles. The van der Waals surface area contributed by atoms with Gasteiger partial charge in [-0.25, -0.2) is 0 Å². The molecule has 1 rings (SSSR count). The van der Waals surface area contributed by atoms with Crippen molar-refractivity contribution in [2.75, 3.05) is 18.0 Å². The van der Waals surface area contributed by atoms with Crippen LogP contribution in [0.5, 0.6) is 0 Å². The first-order valence-electron chi connectivity index (χ1n) is 5.59. The van der Waals surface area contributed by atoms with Crippen molar-refractivity contribution >= 4 is 18.1 Å². The number of anilines is 1. The second kappa shape index (κ2) is 7.57. The van der Waals surface area contributed by atoms with E-state index >= 15 is 0 Å². The van der Waals surface area contributed by atoms with Gasteiger partial charge in [0.15, 0.2) is 0 Å². The summed E-state index contributed by atoms with van der Waals surface area (Å²) in [6, 6.07) is 0. The van der Waals surface area contributed by atoms with E-state index in [0.717, 1.165) is 19.6 Å². The van der Waals surface area contributed by atoms with Crippen molar-refractivity contribution in [1.29, 1.82) is 0 Å². The normalized spacial score (nSPS) is 9.80. The van der Waals surface area contributed by atoms with Gasteiger partial charge in [0, 0.05) is 25.8 Å². The highest BCUT2D eigenvalue weighted by Gasteiger charge is 2.05. The van der Waals surface area contributed by atoms with Crippen molar-refractivity contribution in [3.8, 4) is 0 Å². The van der Waals surface area contributed by atoms with Crippen LogP contribution in [0, 0.1) is 0 Å². The van der Waals surface area contributed by atoms with Crippen LogP contribution in [-0.4, -0.2) is 22.9 Å². The summed E-state index contributed by atoms with van der Waals surface area (Å²) >= 11 is 0. The highest BCUT2D eigenvalue weighted by atomic mass is 35.5. The van der Waals surface area contributed by atoms with Gasteiger partial charge >= 0.3 is 0 Å². The Morgan fingerprint density at radius 3 is 2.20 bits per heavy atom. The minimum absolute atomic E-state index is 0. The molecule has 0 aromatic carbocycles. The molecule has 0 N–H and O–H groups in total. The summed E-state index contributed by atoms with van der Waals surface area (Å²) in [4.78, 5) is 2.40. The molecule has 0 aliphatic rings. The molecule has 0 saturated carbocycles. The summed E-state index contributed by atoms with van der Waals surface area (Å²) < 4.78 is 1.98. The topological polar surface area (TPSA) is 21.1 Å². The maximum atomic E-state index is 4.30. The van der Waals surface area contributed by atoms with Gasteiger partial charge in [0.2, 0.25) is 0 Å².